The zero-order valence-electron chi connectivity index (χ0n) is 21.5. The smallest absolute Gasteiger partial charge is 0.431 e. The van der Waals surface area contributed by atoms with E-state index in [0.29, 0.717) is 40.6 Å². The van der Waals surface area contributed by atoms with Gasteiger partial charge in [-0.3, -0.25) is 9.80 Å². The van der Waals surface area contributed by atoms with Crippen LogP contribution in [0.4, 0.5) is 28.0 Å². The second kappa shape index (κ2) is 11.7. The summed E-state index contributed by atoms with van der Waals surface area (Å²) in [5.74, 6) is 0.718. The minimum absolute atomic E-state index is 0.0882. The molecule has 2 aliphatic rings. The first kappa shape index (κ1) is 28.5. The maximum absolute atomic E-state index is 15.0. The fourth-order valence-corrected chi connectivity index (χ4v) is 4.94. The number of ether oxygens (including phenoxy) is 2. The Balaban J connectivity index is 1.53. The van der Waals surface area contributed by atoms with Crippen molar-refractivity contribution in [2.45, 2.75) is 38.3 Å². The lowest BCUT2D eigenvalue weighted by Gasteiger charge is -2.35. The van der Waals surface area contributed by atoms with E-state index in [1.54, 1.807) is 18.2 Å². The van der Waals surface area contributed by atoms with Crippen LogP contribution in [0.15, 0.2) is 72.8 Å². The van der Waals surface area contributed by atoms with Crippen molar-refractivity contribution in [3.63, 3.8) is 0 Å². The third-order valence-electron chi connectivity index (χ3n) is 6.82. The molecule has 39 heavy (non-hydrogen) atoms. The maximum Gasteiger partial charge on any atom is 0.431 e. The van der Waals surface area contributed by atoms with Gasteiger partial charge >= 0.3 is 12.2 Å². The molecule has 0 N–H and O–H groups in total. The normalized spacial score (nSPS) is 16.5. The molecule has 1 heterocycles. The van der Waals surface area contributed by atoms with Crippen molar-refractivity contribution in [3.8, 4) is 5.75 Å². The molecule has 0 unspecified atom stereocenters. The largest absolute Gasteiger partial charge is 0.495 e. The molecular weight excluding hydrogens is 536 g/mol. The van der Waals surface area contributed by atoms with E-state index in [1.807, 2.05) is 6.07 Å². The quantitative estimate of drug-likeness (QED) is 0.229. The van der Waals surface area contributed by atoms with Crippen molar-refractivity contribution in [1.82, 2.24) is 4.90 Å². The van der Waals surface area contributed by atoms with E-state index in [2.05, 4.69) is 13.2 Å². The van der Waals surface area contributed by atoms with E-state index < -0.39 is 23.7 Å². The van der Waals surface area contributed by atoms with Gasteiger partial charge in [-0.1, -0.05) is 55.8 Å². The first-order chi connectivity index (χ1) is 18.5. The maximum atomic E-state index is 15.0. The SMILES string of the molecule is C=C(COc1ccccc1Cc1cc(N2C(=C)C=C(C(F)(F)F)N(C)C2=O)c(F)cc1Cl)OCC1CCCC1. The van der Waals surface area contributed by atoms with Crippen LogP contribution in [0, 0.1) is 11.7 Å². The molecule has 208 valence electrons. The number of urea groups is 1. The molecule has 0 aromatic heterocycles. The van der Waals surface area contributed by atoms with Gasteiger partial charge in [0.15, 0.2) is 0 Å². The van der Waals surface area contributed by atoms with Gasteiger partial charge in [0.1, 0.15) is 29.6 Å². The number of carbonyl (C=O) groups excluding carboxylic acids is 1. The van der Waals surface area contributed by atoms with Crippen LogP contribution in [0.3, 0.4) is 0 Å². The molecule has 1 saturated carbocycles. The molecule has 0 radical (unpaired) electrons. The number of alkyl halides is 3. The second-order valence-electron chi connectivity index (χ2n) is 9.66. The average molecular weight is 565 g/mol. The van der Waals surface area contributed by atoms with Crippen molar-refractivity contribution < 1.29 is 31.8 Å². The molecular formula is C29H29ClF4N2O3. The Labute approximate surface area is 229 Å². The van der Waals surface area contributed by atoms with Crippen molar-refractivity contribution in [2.24, 2.45) is 5.92 Å². The Morgan fingerprint density at radius 3 is 2.54 bits per heavy atom. The fraction of sp³-hybridized carbons (Fsp3) is 0.345. The lowest BCUT2D eigenvalue weighted by atomic mass is 10.0. The molecule has 5 nitrogen and oxygen atoms in total. The highest BCUT2D eigenvalue weighted by Crippen LogP contribution is 2.38. The van der Waals surface area contributed by atoms with E-state index in [4.69, 9.17) is 21.1 Å². The summed E-state index contributed by atoms with van der Waals surface area (Å²) < 4.78 is 66.7. The van der Waals surface area contributed by atoms with Crippen molar-refractivity contribution in [1.29, 1.82) is 0 Å². The Morgan fingerprint density at radius 2 is 1.85 bits per heavy atom. The van der Waals surface area contributed by atoms with Crippen LogP contribution < -0.4 is 9.64 Å². The number of carbonyl (C=O) groups is 1. The molecule has 0 bridgehead atoms. The number of allylic oxidation sites excluding steroid dienone is 2. The summed E-state index contributed by atoms with van der Waals surface area (Å²) in [5.41, 5.74) is -0.614. The predicted octanol–water partition coefficient (Wildman–Crippen LogP) is 8.00. The van der Waals surface area contributed by atoms with Crippen molar-refractivity contribution in [2.75, 3.05) is 25.2 Å². The van der Waals surface area contributed by atoms with E-state index in [-0.39, 0.29) is 29.4 Å². The number of hydrogen-bond acceptors (Lipinski definition) is 3. The Morgan fingerprint density at radius 1 is 1.15 bits per heavy atom. The lowest BCUT2D eigenvalue weighted by Crippen LogP contribution is -2.46. The summed E-state index contributed by atoms with van der Waals surface area (Å²) in [6.45, 7) is 8.26. The summed E-state index contributed by atoms with van der Waals surface area (Å²) in [5, 5.41) is 0.0882. The van der Waals surface area contributed by atoms with E-state index in [9.17, 15) is 18.0 Å². The lowest BCUT2D eigenvalue weighted by molar-refractivity contribution is -0.106. The molecule has 0 spiro atoms. The first-order valence-corrected chi connectivity index (χ1v) is 12.9. The van der Waals surface area contributed by atoms with Crippen LogP contribution in [-0.2, 0) is 11.2 Å². The van der Waals surface area contributed by atoms with Gasteiger partial charge in [0.2, 0.25) is 0 Å². The van der Waals surface area contributed by atoms with Gasteiger partial charge in [0.05, 0.1) is 12.3 Å². The predicted molar refractivity (Wildman–Crippen MR) is 142 cm³/mol. The number of benzene rings is 2. The number of rotatable bonds is 9. The summed E-state index contributed by atoms with van der Waals surface area (Å²) in [4.78, 5) is 14.1. The van der Waals surface area contributed by atoms with E-state index in [0.717, 1.165) is 36.4 Å². The molecule has 1 fully saturated rings. The second-order valence-corrected chi connectivity index (χ2v) is 10.1. The molecule has 0 atom stereocenters. The van der Waals surface area contributed by atoms with Crippen LogP contribution in [0.1, 0.15) is 36.8 Å². The van der Waals surface area contributed by atoms with Crippen molar-refractivity contribution >= 4 is 23.3 Å². The molecule has 1 aliphatic carbocycles. The summed E-state index contributed by atoms with van der Waals surface area (Å²) in [7, 11) is 0.967. The summed E-state index contributed by atoms with van der Waals surface area (Å²) in [6.07, 6.45) is 0.874. The highest BCUT2D eigenvalue weighted by Gasteiger charge is 2.43. The number of para-hydroxylation sites is 1. The highest BCUT2D eigenvalue weighted by molar-refractivity contribution is 6.31. The zero-order valence-corrected chi connectivity index (χ0v) is 22.2. The fourth-order valence-electron chi connectivity index (χ4n) is 4.72. The van der Waals surface area contributed by atoms with Gasteiger partial charge < -0.3 is 9.47 Å². The van der Waals surface area contributed by atoms with Crippen molar-refractivity contribution in [3.05, 3.63) is 94.8 Å². The van der Waals surface area contributed by atoms with Crippen LogP contribution in [0.25, 0.3) is 0 Å². The van der Waals surface area contributed by atoms with Crippen LogP contribution >= 0.6 is 11.6 Å². The Kier molecular flexibility index (Phi) is 8.59. The topological polar surface area (TPSA) is 42.0 Å². The molecule has 4 rings (SSSR count). The molecule has 10 heteroatoms. The van der Waals surface area contributed by atoms with Crippen LogP contribution in [0.5, 0.6) is 5.75 Å². The summed E-state index contributed by atoms with van der Waals surface area (Å²) in [6, 6.07) is 8.46. The van der Waals surface area contributed by atoms with Gasteiger partial charge in [-0.2, -0.15) is 13.2 Å². The number of anilines is 1. The average Bonchev–Trinajstić information content (AvgIpc) is 3.40. The van der Waals surface area contributed by atoms with Gasteiger partial charge in [0, 0.05) is 24.2 Å². The van der Waals surface area contributed by atoms with Crippen LogP contribution in [0.2, 0.25) is 5.02 Å². The van der Waals surface area contributed by atoms with Crippen LogP contribution in [-0.4, -0.2) is 37.4 Å². The minimum Gasteiger partial charge on any atom is -0.495 e. The molecule has 2 amide bonds. The summed E-state index contributed by atoms with van der Waals surface area (Å²) >= 11 is 6.35. The number of halogens is 5. The monoisotopic (exact) mass is 564 g/mol. The molecule has 1 aliphatic heterocycles. The molecule has 2 aromatic rings. The van der Waals surface area contributed by atoms with Gasteiger partial charge in [0.25, 0.3) is 0 Å². The minimum atomic E-state index is -4.78. The third-order valence-corrected chi connectivity index (χ3v) is 7.17. The standard InChI is InChI=1S/C29H29ClF4N2O3/c1-18-12-27(29(32,33)34)35(3)28(37)36(18)25-14-22(23(30)15-24(25)31)13-21-10-6-7-11-26(21)39-16-19(2)38-17-20-8-4-5-9-20/h6-7,10-12,14-15,20H,1-2,4-5,8-9,13,16-17H2,3H3. The van der Waals surface area contributed by atoms with E-state index >= 15 is 4.39 Å². The number of nitrogens with zero attached hydrogens (tertiary/aromatic N) is 2. The van der Waals surface area contributed by atoms with Gasteiger partial charge in [-0.25, -0.2) is 9.18 Å². The third kappa shape index (κ3) is 6.58. The Hall–Kier alpha value is -3.46. The Bertz CT molecular complexity index is 1300. The number of hydrogen-bond donors (Lipinski definition) is 0. The van der Waals surface area contributed by atoms with Gasteiger partial charge in [-0.05, 0) is 54.2 Å². The molecule has 2 aromatic carbocycles. The highest BCUT2D eigenvalue weighted by atomic mass is 35.5. The number of amides is 2. The molecule has 0 saturated heterocycles. The van der Waals surface area contributed by atoms with E-state index in [1.165, 1.54) is 18.9 Å². The van der Waals surface area contributed by atoms with Gasteiger partial charge in [-0.15, -0.1) is 0 Å². The first-order valence-electron chi connectivity index (χ1n) is 12.5. The zero-order chi connectivity index (χ0) is 28.3.